The van der Waals surface area contributed by atoms with Crippen LogP contribution in [0.5, 0.6) is 0 Å². The smallest absolute Gasteiger partial charge is 0.218 e. The number of aliphatic hydroxyl groups is 1. The van der Waals surface area contributed by atoms with E-state index in [4.69, 9.17) is 10.1 Å². The van der Waals surface area contributed by atoms with Crippen molar-refractivity contribution in [1.29, 1.82) is 5.41 Å². The maximum Gasteiger partial charge on any atom is 0.218 e. The van der Waals surface area contributed by atoms with Gasteiger partial charge in [0.05, 0.1) is 6.61 Å². The molecule has 1 unspecified atom stereocenters. The lowest BCUT2D eigenvalue weighted by molar-refractivity contribution is 0.0764. The Kier molecular flexibility index (Phi) is 3.95. The van der Waals surface area contributed by atoms with E-state index in [0.717, 1.165) is 24.8 Å². The fourth-order valence-corrected chi connectivity index (χ4v) is 2.98. The zero-order valence-corrected chi connectivity index (χ0v) is 12.0. The van der Waals surface area contributed by atoms with Gasteiger partial charge in [-0.05, 0) is 54.9 Å². The van der Waals surface area contributed by atoms with E-state index in [0.29, 0.717) is 13.0 Å². The van der Waals surface area contributed by atoms with Crippen molar-refractivity contribution in [2.24, 2.45) is 0 Å². The predicted molar refractivity (Wildman–Crippen MR) is 76.7 cm³/mol. The maximum absolute atomic E-state index is 10.8. The minimum atomic E-state index is -1.22. The van der Waals surface area contributed by atoms with Gasteiger partial charge in [0.2, 0.25) is 5.90 Å². The average molecular weight is 261 g/mol. The van der Waals surface area contributed by atoms with Crippen molar-refractivity contribution in [3.63, 3.8) is 0 Å². The van der Waals surface area contributed by atoms with Crippen LogP contribution in [0.4, 0.5) is 0 Å². The summed E-state index contributed by atoms with van der Waals surface area (Å²) in [5, 5.41) is 18.8. The highest BCUT2D eigenvalue weighted by atomic mass is 16.5. The van der Waals surface area contributed by atoms with Gasteiger partial charge in [-0.1, -0.05) is 26.0 Å². The molecule has 3 nitrogen and oxygen atoms in total. The summed E-state index contributed by atoms with van der Waals surface area (Å²) < 4.78 is 5.37. The molecule has 2 N–H and O–H groups in total. The van der Waals surface area contributed by atoms with Crippen molar-refractivity contribution in [2.75, 3.05) is 6.61 Å². The van der Waals surface area contributed by atoms with Crippen LogP contribution in [0.2, 0.25) is 0 Å². The molecule has 0 aliphatic heterocycles. The van der Waals surface area contributed by atoms with Gasteiger partial charge in [0.15, 0.2) is 5.60 Å². The lowest BCUT2D eigenvalue weighted by Gasteiger charge is -2.25. The third-order valence-electron chi connectivity index (χ3n) is 4.03. The second kappa shape index (κ2) is 5.33. The molecule has 0 aromatic heterocycles. The van der Waals surface area contributed by atoms with Crippen molar-refractivity contribution >= 4 is 5.90 Å². The van der Waals surface area contributed by atoms with Gasteiger partial charge in [-0.15, -0.1) is 0 Å². The summed E-state index contributed by atoms with van der Waals surface area (Å²) in [6, 6.07) is 4.00. The summed E-state index contributed by atoms with van der Waals surface area (Å²) in [6.07, 6.45) is 3.20. The fourth-order valence-electron chi connectivity index (χ4n) is 2.98. The third-order valence-corrected chi connectivity index (χ3v) is 4.03. The molecule has 104 valence electrons. The topological polar surface area (TPSA) is 53.3 Å². The van der Waals surface area contributed by atoms with E-state index in [1.165, 1.54) is 16.7 Å². The largest absolute Gasteiger partial charge is 0.479 e. The zero-order valence-electron chi connectivity index (χ0n) is 12.0. The van der Waals surface area contributed by atoms with Gasteiger partial charge >= 0.3 is 0 Å². The monoisotopic (exact) mass is 261 g/mol. The van der Waals surface area contributed by atoms with Crippen molar-refractivity contribution < 1.29 is 9.84 Å². The van der Waals surface area contributed by atoms with Crippen LogP contribution < -0.4 is 0 Å². The summed E-state index contributed by atoms with van der Waals surface area (Å²) in [7, 11) is 0. The van der Waals surface area contributed by atoms with Gasteiger partial charge in [-0.2, -0.15) is 0 Å². The number of aryl methyl sites for hydroxylation is 1. The molecule has 0 saturated heterocycles. The van der Waals surface area contributed by atoms with E-state index in [-0.39, 0.29) is 5.90 Å². The Bertz CT molecular complexity index is 496. The van der Waals surface area contributed by atoms with Crippen molar-refractivity contribution in [2.45, 2.75) is 52.1 Å². The second-order valence-electron chi connectivity index (χ2n) is 5.28. The SMILES string of the molecule is CCCOC(=N)C1(O)CCc2c1ccc(C)c2CC. The number of hydrogen-bond acceptors (Lipinski definition) is 3. The Morgan fingerprint density at radius 2 is 2.16 bits per heavy atom. The van der Waals surface area contributed by atoms with E-state index in [1.807, 2.05) is 19.1 Å². The first kappa shape index (κ1) is 14.1. The average Bonchev–Trinajstić information content (AvgIpc) is 2.75. The zero-order chi connectivity index (χ0) is 14.0. The molecule has 0 spiro atoms. The van der Waals surface area contributed by atoms with Crippen LogP contribution in [0.25, 0.3) is 0 Å². The Morgan fingerprint density at radius 1 is 1.42 bits per heavy atom. The molecule has 0 heterocycles. The summed E-state index contributed by atoms with van der Waals surface area (Å²) >= 11 is 0. The van der Waals surface area contributed by atoms with Crippen LogP contribution >= 0.6 is 0 Å². The minimum absolute atomic E-state index is 0.000920. The molecule has 1 aliphatic rings. The van der Waals surface area contributed by atoms with Crippen LogP contribution in [0.15, 0.2) is 12.1 Å². The van der Waals surface area contributed by atoms with E-state index >= 15 is 0 Å². The second-order valence-corrected chi connectivity index (χ2v) is 5.28. The molecule has 19 heavy (non-hydrogen) atoms. The van der Waals surface area contributed by atoms with Crippen LogP contribution in [-0.4, -0.2) is 17.6 Å². The summed E-state index contributed by atoms with van der Waals surface area (Å²) in [4.78, 5) is 0. The number of ether oxygens (including phenoxy) is 1. The van der Waals surface area contributed by atoms with Crippen molar-refractivity contribution in [3.05, 3.63) is 34.4 Å². The quantitative estimate of drug-likeness (QED) is 0.646. The minimum Gasteiger partial charge on any atom is -0.479 e. The Balaban J connectivity index is 2.38. The molecule has 3 heteroatoms. The lowest BCUT2D eigenvalue weighted by Crippen LogP contribution is -2.34. The van der Waals surface area contributed by atoms with E-state index in [2.05, 4.69) is 13.8 Å². The molecule has 1 aliphatic carbocycles. The summed E-state index contributed by atoms with van der Waals surface area (Å²) in [5.41, 5.74) is 3.46. The Hall–Kier alpha value is -1.35. The van der Waals surface area contributed by atoms with E-state index in [9.17, 15) is 5.11 Å². The molecule has 0 saturated carbocycles. The standard InChI is InChI=1S/C16H23NO2/c1-4-10-19-15(17)16(18)9-8-13-12(5-2)11(3)6-7-14(13)16/h6-7,17-18H,4-5,8-10H2,1-3H3. The fraction of sp³-hybridized carbons (Fsp3) is 0.562. The number of benzene rings is 1. The number of rotatable bonds is 4. The first-order chi connectivity index (χ1) is 9.04. The number of fused-ring (bicyclic) bond motifs is 1. The highest BCUT2D eigenvalue weighted by Crippen LogP contribution is 2.40. The molecule has 0 fully saturated rings. The molecule has 1 atom stereocenters. The molecular formula is C16H23NO2. The highest BCUT2D eigenvalue weighted by Gasteiger charge is 2.43. The van der Waals surface area contributed by atoms with E-state index in [1.54, 1.807) is 0 Å². The van der Waals surface area contributed by atoms with Gasteiger partial charge in [-0.25, -0.2) is 0 Å². The van der Waals surface area contributed by atoms with Gasteiger partial charge in [0, 0.05) is 0 Å². The number of nitrogens with one attached hydrogen (secondary N) is 1. The number of hydrogen-bond donors (Lipinski definition) is 2. The van der Waals surface area contributed by atoms with Gasteiger partial charge in [-0.3, -0.25) is 5.41 Å². The van der Waals surface area contributed by atoms with Crippen molar-refractivity contribution in [1.82, 2.24) is 0 Å². The van der Waals surface area contributed by atoms with Crippen molar-refractivity contribution in [3.8, 4) is 0 Å². The molecule has 0 bridgehead atoms. The first-order valence-electron chi connectivity index (χ1n) is 7.10. The van der Waals surface area contributed by atoms with Gasteiger partial charge < -0.3 is 9.84 Å². The van der Waals surface area contributed by atoms with Crippen LogP contribution in [-0.2, 0) is 23.2 Å². The summed E-state index contributed by atoms with van der Waals surface area (Å²) in [6.45, 7) is 6.73. The van der Waals surface area contributed by atoms with Crippen LogP contribution in [0.3, 0.4) is 0 Å². The first-order valence-corrected chi connectivity index (χ1v) is 7.10. The molecule has 0 amide bonds. The predicted octanol–water partition coefficient (Wildman–Crippen LogP) is 3.10. The van der Waals surface area contributed by atoms with E-state index < -0.39 is 5.60 Å². The lowest BCUT2D eigenvalue weighted by atomic mass is 9.91. The third kappa shape index (κ3) is 2.27. The molecule has 0 radical (unpaired) electrons. The van der Waals surface area contributed by atoms with Crippen LogP contribution in [0, 0.1) is 12.3 Å². The highest BCUT2D eigenvalue weighted by molar-refractivity contribution is 5.85. The van der Waals surface area contributed by atoms with Gasteiger partial charge in [0.25, 0.3) is 0 Å². The Labute approximate surface area is 115 Å². The molecule has 1 aromatic carbocycles. The summed E-state index contributed by atoms with van der Waals surface area (Å²) in [5.74, 6) is -0.000920. The van der Waals surface area contributed by atoms with Gasteiger partial charge in [0.1, 0.15) is 0 Å². The molecule has 1 aromatic rings. The molecular weight excluding hydrogens is 238 g/mol. The normalized spacial score (nSPS) is 21.3. The Morgan fingerprint density at radius 3 is 2.79 bits per heavy atom. The molecule has 2 rings (SSSR count). The maximum atomic E-state index is 10.8. The van der Waals surface area contributed by atoms with Crippen LogP contribution in [0.1, 0.15) is 48.9 Å².